The summed E-state index contributed by atoms with van der Waals surface area (Å²) in [6.45, 7) is 3.79. The molecule has 2 N–H and O–H groups in total. The highest BCUT2D eigenvalue weighted by Crippen LogP contribution is 2.16. The van der Waals surface area contributed by atoms with Crippen LogP contribution in [0.2, 0.25) is 0 Å². The van der Waals surface area contributed by atoms with Gasteiger partial charge in [-0.15, -0.1) is 0 Å². The number of methoxy groups -OCH3 is 1. The summed E-state index contributed by atoms with van der Waals surface area (Å²) in [6, 6.07) is 14.3. The minimum Gasteiger partial charge on any atom is -0.494 e. The van der Waals surface area contributed by atoms with E-state index in [1.807, 2.05) is 24.3 Å². The van der Waals surface area contributed by atoms with Gasteiger partial charge < -0.3 is 19.5 Å². The Bertz CT molecular complexity index is 748. The van der Waals surface area contributed by atoms with E-state index in [9.17, 15) is 4.79 Å². The molecule has 28 heavy (non-hydrogen) atoms. The molecular formula is C21H26N2O4S. The van der Waals surface area contributed by atoms with Crippen LogP contribution in [0.1, 0.15) is 30.1 Å². The summed E-state index contributed by atoms with van der Waals surface area (Å²) in [5.41, 5.74) is 1.26. The molecule has 0 aliphatic carbocycles. The molecule has 0 bridgehead atoms. The summed E-state index contributed by atoms with van der Waals surface area (Å²) < 4.78 is 16.0. The lowest BCUT2D eigenvalue weighted by molar-refractivity contribution is 0.0977. The maximum Gasteiger partial charge on any atom is 0.257 e. The minimum absolute atomic E-state index is 0.227. The average Bonchev–Trinajstić information content (AvgIpc) is 2.70. The van der Waals surface area contributed by atoms with Crippen molar-refractivity contribution >= 4 is 28.9 Å². The zero-order valence-corrected chi connectivity index (χ0v) is 17.0. The smallest absolute Gasteiger partial charge is 0.257 e. The predicted molar refractivity (Wildman–Crippen MR) is 114 cm³/mol. The van der Waals surface area contributed by atoms with E-state index in [2.05, 4.69) is 17.6 Å². The van der Waals surface area contributed by atoms with Crippen molar-refractivity contribution in [2.45, 2.75) is 19.8 Å². The number of benzene rings is 2. The SMILES string of the molecule is CCCCOc1ccc(NC(=S)NC(=O)c2ccc(OCCOC)cc2)cc1. The second-order valence-corrected chi connectivity index (χ2v) is 6.41. The Morgan fingerprint density at radius 1 is 0.929 bits per heavy atom. The van der Waals surface area contributed by atoms with E-state index >= 15 is 0 Å². The van der Waals surface area contributed by atoms with Gasteiger partial charge in [0.25, 0.3) is 5.91 Å². The maximum absolute atomic E-state index is 12.3. The first kappa shape index (κ1) is 21.7. The van der Waals surface area contributed by atoms with Crippen molar-refractivity contribution in [2.24, 2.45) is 0 Å². The van der Waals surface area contributed by atoms with Gasteiger partial charge in [0.15, 0.2) is 5.11 Å². The lowest BCUT2D eigenvalue weighted by Crippen LogP contribution is -2.34. The summed E-state index contributed by atoms with van der Waals surface area (Å²) in [5.74, 6) is 1.19. The van der Waals surface area contributed by atoms with Crippen molar-refractivity contribution in [3.8, 4) is 11.5 Å². The van der Waals surface area contributed by atoms with Gasteiger partial charge >= 0.3 is 0 Å². The topological polar surface area (TPSA) is 68.8 Å². The number of unbranched alkanes of at least 4 members (excludes halogenated alkanes) is 1. The molecular weight excluding hydrogens is 376 g/mol. The molecule has 0 aliphatic heterocycles. The first-order chi connectivity index (χ1) is 13.6. The Hall–Kier alpha value is -2.64. The second kappa shape index (κ2) is 11.9. The third-order valence-corrected chi connectivity index (χ3v) is 3.98. The Labute approximate surface area is 171 Å². The number of carbonyl (C=O) groups is 1. The minimum atomic E-state index is -0.291. The summed E-state index contributed by atoms with van der Waals surface area (Å²) in [4.78, 5) is 12.3. The monoisotopic (exact) mass is 402 g/mol. The van der Waals surface area contributed by atoms with Gasteiger partial charge in [-0.25, -0.2) is 0 Å². The van der Waals surface area contributed by atoms with E-state index in [1.54, 1.807) is 31.4 Å². The Morgan fingerprint density at radius 3 is 2.14 bits per heavy atom. The molecule has 150 valence electrons. The van der Waals surface area contributed by atoms with Gasteiger partial charge in [0.2, 0.25) is 0 Å². The van der Waals surface area contributed by atoms with Crippen LogP contribution in [0.5, 0.6) is 11.5 Å². The third-order valence-electron chi connectivity index (χ3n) is 3.78. The van der Waals surface area contributed by atoms with Gasteiger partial charge in [-0.2, -0.15) is 0 Å². The Kier molecular flexibility index (Phi) is 9.24. The van der Waals surface area contributed by atoms with E-state index < -0.39 is 0 Å². The molecule has 0 saturated heterocycles. The van der Waals surface area contributed by atoms with Crippen molar-refractivity contribution in [3.63, 3.8) is 0 Å². The zero-order chi connectivity index (χ0) is 20.2. The van der Waals surface area contributed by atoms with Gasteiger partial charge in [0.1, 0.15) is 18.1 Å². The molecule has 0 radical (unpaired) electrons. The zero-order valence-electron chi connectivity index (χ0n) is 16.2. The molecule has 0 aliphatic rings. The lowest BCUT2D eigenvalue weighted by Gasteiger charge is -2.11. The van der Waals surface area contributed by atoms with E-state index in [0.29, 0.717) is 31.1 Å². The first-order valence-electron chi connectivity index (χ1n) is 9.19. The molecule has 0 aromatic heterocycles. The van der Waals surface area contributed by atoms with Crippen molar-refractivity contribution in [2.75, 3.05) is 32.2 Å². The van der Waals surface area contributed by atoms with Crippen LogP contribution in [0.15, 0.2) is 48.5 Å². The highest BCUT2D eigenvalue weighted by atomic mass is 32.1. The number of nitrogens with one attached hydrogen (secondary N) is 2. The molecule has 6 nitrogen and oxygen atoms in total. The Balaban J connectivity index is 1.81. The molecule has 0 unspecified atom stereocenters. The second-order valence-electron chi connectivity index (χ2n) is 6.00. The van der Waals surface area contributed by atoms with Gasteiger partial charge in [-0.1, -0.05) is 13.3 Å². The standard InChI is InChI=1S/C21H26N2O4S/c1-3-4-13-26-19-11-7-17(8-12-19)22-21(28)23-20(24)16-5-9-18(10-6-16)27-15-14-25-2/h5-12H,3-4,13-15H2,1-2H3,(H2,22,23,24,28). The number of anilines is 1. The van der Waals surface area contributed by atoms with Gasteiger partial charge in [-0.3, -0.25) is 10.1 Å². The number of rotatable bonds is 10. The lowest BCUT2D eigenvalue weighted by atomic mass is 10.2. The van der Waals surface area contributed by atoms with Gasteiger partial charge in [-0.05, 0) is 67.2 Å². The number of carbonyl (C=O) groups excluding carboxylic acids is 1. The van der Waals surface area contributed by atoms with E-state index in [-0.39, 0.29) is 11.0 Å². The van der Waals surface area contributed by atoms with Crippen molar-refractivity contribution in [1.82, 2.24) is 5.32 Å². The number of hydrogen-bond acceptors (Lipinski definition) is 5. The number of amides is 1. The maximum atomic E-state index is 12.3. The van der Waals surface area contributed by atoms with E-state index in [0.717, 1.165) is 24.3 Å². The molecule has 2 aromatic carbocycles. The van der Waals surface area contributed by atoms with Crippen LogP contribution in [0.4, 0.5) is 5.69 Å². The molecule has 2 rings (SSSR count). The van der Waals surface area contributed by atoms with Gasteiger partial charge in [0.05, 0.1) is 13.2 Å². The summed E-state index contributed by atoms with van der Waals surface area (Å²) >= 11 is 5.21. The number of hydrogen-bond donors (Lipinski definition) is 2. The van der Waals surface area contributed by atoms with Crippen LogP contribution < -0.4 is 20.1 Å². The molecule has 7 heteroatoms. The molecule has 0 saturated carbocycles. The van der Waals surface area contributed by atoms with Crippen LogP contribution in [-0.2, 0) is 4.74 Å². The van der Waals surface area contributed by atoms with Crippen LogP contribution in [0.3, 0.4) is 0 Å². The Morgan fingerprint density at radius 2 is 1.54 bits per heavy atom. The average molecular weight is 403 g/mol. The molecule has 0 atom stereocenters. The van der Waals surface area contributed by atoms with Crippen molar-refractivity contribution in [1.29, 1.82) is 0 Å². The fourth-order valence-electron chi connectivity index (χ4n) is 2.25. The van der Waals surface area contributed by atoms with Crippen molar-refractivity contribution < 1.29 is 19.0 Å². The van der Waals surface area contributed by atoms with Crippen LogP contribution >= 0.6 is 12.2 Å². The summed E-state index contributed by atoms with van der Waals surface area (Å²) in [7, 11) is 1.61. The quantitative estimate of drug-likeness (QED) is 0.462. The van der Waals surface area contributed by atoms with E-state index in [4.69, 9.17) is 26.4 Å². The van der Waals surface area contributed by atoms with Crippen LogP contribution in [0.25, 0.3) is 0 Å². The van der Waals surface area contributed by atoms with Crippen molar-refractivity contribution in [3.05, 3.63) is 54.1 Å². The van der Waals surface area contributed by atoms with Crippen LogP contribution in [-0.4, -0.2) is 38.0 Å². The molecule has 1 amide bonds. The summed E-state index contributed by atoms with van der Waals surface area (Å²) in [5, 5.41) is 5.88. The molecule has 0 heterocycles. The molecule has 0 fully saturated rings. The third kappa shape index (κ3) is 7.54. The fraction of sp³-hybridized carbons (Fsp3) is 0.333. The highest BCUT2D eigenvalue weighted by Gasteiger charge is 2.08. The number of thiocarbonyl (C=S) groups is 1. The first-order valence-corrected chi connectivity index (χ1v) is 9.60. The van der Waals surface area contributed by atoms with Gasteiger partial charge in [0, 0.05) is 18.4 Å². The predicted octanol–water partition coefficient (Wildman–Crippen LogP) is 4.02. The highest BCUT2D eigenvalue weighted by molar-refractivity contribution is 7.80. The summed E-state index contributed by atoms with van der Waals surface area (Å²) in [6.07, 6.45) is 2.12. The van der Waals surface area contributed by atoms with Crippen LogP contribution in [0, 0.1) is 0 Å². The largest absolute Gasteiger partial charge is 0.494 e. The molecule has 2 aromatic rings. The fourth-order valence-corrected chi connectivity index (χ4v) is 2.46. The number of ether oxygens (including phenoxy) is 3. The molecule has 0 spiro atoms. The van der Waals surface area contributed by atoms with E-state index in [1.165, 1.54) is 0 Å². The normalized spacial score (nSPS) is 10.2.